The summed E-state index contributed by atoms with van der Waals surface area (Å²) in [5, 5.41) is 12.7. The van der Waals surface area contributed by atoms with Gasteiger partial charge >= 0.3 is 0 Å². The molecule has 4 aromatic carbocycles. The molecule has 0 fully saturated rings. The number of ether oxygens (including phenoxy) is 2. The summed E-state index contributed by atoms with van der Waals surface area (Å²) in [6.45, 7) is 3.57. The second-order valence-corrected chi connectivity index (χ2v) is 11.1. The fourth-order valence-corrected chi connectivity index (χ4v) is 5.11. The van der Waals surface area contributed by atoms with Crippen molar-refractivity contribution in [3.8, 4) is 0 Å². The van der Waals surface area contributed by atoms with E-state index in [-0.39, 0.29) is 17.6 Å². The minimum Gasteiger partial charge on any atom is -0.377 e. The Hall–Kier alpha value is -5.39. The molecule has 1 aromatic heterocycles. The number of benzene rings is 4. The number of nitrogens with one attached hydrogen (secondary N) is 4. The van der Waals surface area contributed by atoms with E-state index in [2.05, 4.69) is 84.8 Å². The lowest BCUT2D eigenvalue weighted by Crippen LogP contribution is -2.27. The van der Waals surface area contributed by atoms with Crippen LogP contribution >= 0.6 is 0 Å². The van der Waals surface area contributed by atoms with Gasteiger partial charge in [-0.3, -0.25) is 4.79 Å². The molecular formula is C38H42FN7O3. The zero-order valence-corrected chi connectivity index (χ0v) is 27.4. The van der Waals surface area contributed by atoms with Crippen LogP contribution in [0.2, 0.25) is 0 Å². The summed E-state index contributed by atoms with van der Waals surface area (Å²) in [7, 11) is 0. The van der Waals surface area contributed by atoms with Crippen LogP contribution in [0.1, 0.15) is 39.4 Å². The highest BCUT2D eigenvalue weighted by Crippen LogP contribution is 2.27. The van der Waals surface area contributed by atoms with Crippen LogP contribution in [0.3, 0.4) is 0 Å². The maximum Gasteiger partial charge on any atom is 0.251 e. The van der Waals surface area contributed by atoms with Crippen molar-refractivity contribution in [2.75, 3.05) is 62.0 Å². The van der Waals surface area contributed by atoms with Crippen molar-refractivity contribution in [1.29, 1.82) is 0 Å². The van der Waals surface area contributed by atoms with Crippen LogP contribution in [0.5, 0.6) is 0 Å². The lowest BCUT2D eigenvalue weighted by atomic mass is 9.88. The second kappa shape index (κ2) is 19.4. The number of rotatable bonds is 20. The smallest absolute Gasteiger partial charge is 0.251 e. The molecule has 5 aromatic rings. The number of carbonyl (C=O) groups excluding carboxylic acids is 1. The van der Waals surface area contributed by atoms with E-state index < -0.39 is 0 Å². The number of hydrogen-bond donors (Lipinski definition) is 4. The predicted octanol–water partition coefficient (Wildman–Crippen LogP) is 6.13. The second-order valence-electron chi connectivity index (χ2n) is 11.1. The van der Waals surface area contributed by atoms with Gasteiger partial charge in [0.1, 0.15) is 5.82 Å². The molecule has 1 amide bonds. The van der Waals surface area contributed by atoms with Crippen molar-refractivity contribution in [2.45, 2.75) is 18.9 Å². The Balaban J connectivity index is 1.09. The summed E-state index contributed by atoms with van der Waals surface area (Å²) in [5.41, 5.74) is 4.01. The fraction of sp³-hybridized carbons (Fsp3) is 0.263. The molecule has 1 heterocycles. The van der Waals surface area contributed by atoms with Crippen molar-refractivity contribution in [3.05, 3.63) is 143 Å². The summed E-state index contributed by atoms with van der Waals surface area (Å²) in [6, 6.07) is 36.3. The van der Waals surface area contributed by atoms with E-state index in [4.69, 9.17) is 9.47 Å². The Morgan fingerprint density at radius 3 is 1.69 bits per heavy atom. The van der Waals surface area contributed by atoms with Crippen molar-refractivity contribution < 1.29 is 18.7 Å². The zero-order valence-electron chi connectivity index (χ0n) is 27.4. The average molecular weight is 664 g/mol. The number of nitrogens with zero attached hydrogens (tertiary/aromatic N) is 3. The highest BCUT2D eigenvalue weighted by atomic mass is 19.1. The van der Waals surface area contributed by atoms with Crippen LogP contribution in [0, 0.1) is 5.82 Å². The highest BCUT2D eigenvalue weighted by Gasteiger charge is 2.14. The van der Waals surface area contributed by atoms with E-state index in [1.807, 2.05) is 30.3 Å². The van der Waals surface area contributed by atoms with Crippen LogP contribution in [-0.2, 0) is 16.0 Å². The van der Waals surface area contributed by atoms with Crippen LogP contribution in [0.25, 0.3) is 0 Å². The van der Waals surface area contributed by atoms with Crippen molar-refractivity contribution in [2.24, 2.45) is 0 Å². The quantitative estimate of drug-likeness (QED) is 0.0729. The van der Waals surface area contributed by atoms with E-state index in [1.54, 1.807) is 24.3 Å². The van der Waals surface area contributed by atoms with Crippen molar-refractivity contribution >= 4 is 23.8 Å². The largest absolute Gasteiger partial charge is 0.377 e. The van der Waals surface area contributed by atoms with Gasteiger partial charge in [0.25, 0.3) is 5.91 Å². The third-order valence-electron chi connectivity index (χ3n) is 7.59. The first-order chi connectivity index (χ1) is 24.1. The van der Waals surface area contributed by atoms with Gasteiger partial charge in [0.15, 0.2) is 0 Å². The number of anilines is 3. The van der Waals surface area contributed by atoms with Crippen LogP contribution in [-0.4, -0.2) is 66.9 Å². The molecule has 0 unspecified atom stereocenters. The Bertz CT molecular complexity index is 1640. The van der Waals surface area contributed by atoms with Gasteiger partial charge in [-0.2, -0.15) is 15.0 Å². The van der Waals surface area contributed by atoms with Gasteiger partial charge in [-0.05, 0) is 47.4 Å². The van der Waals surface area contributed by atoms with Crippen LogP contribution in [0.4, 0.5) is 22.2 Å². The maximum absolute atomic E-state index is 13.4. The molecule has 254 valence electrons. The molecule has 4 N–H and O–H groups in total. The molecule has 0 atom stereocenters. The molecule has 0 bridgehead atoms. The van der Waals surface area contributed by atoms with Crippen LogP contribution < -0.4 is 21.3 Å². The lowest BCUT2D eigenvalue weighted by Gasteiger charge is -2.19. The van der Waals surface area contributed by atoms with E-state index >= 15 is 0 Å². The maximum atomic E-state index is 13.4. The summed E-state index contributed by atoms with van der Waals surface area (Å²) in [4.78, 5) is 25.8. The number of aromatic nitrogens is 3. The molecule has 0 spiro atoms. The number of halogens is 1. The predicted molar refractivity (Wildman–Crippen MR) is 190 cm³/mol. The van der Waals surface area contributed by atoms with Gasteiger partial charge in [-0.1, -0.05) is 91.0 Å². The van der Waals surface area contributed by atoms with E-state index in [9.17, 15) is 9.18 Å². The molecular weight excluding hydrogens is 621 g/mol. The van der Waals surface area contributed by atoms with E-state index in [0.29, 0.717) is 76.0 Å². The van der Waals surface area contributed by atoms with Gasteiger partial charge in [0.2, 0.25) is 17.8 Å². The Morgan fingerprint density at radius 2 is 1.10 bits per heavy atom. The normalized spacial score (nSPS) is 10.9. The van der Waals surface area contributed by atoms with E-state index in [0.717, 1.165) is 12.0 Å². The molecule has 49 heavy (non-hydrogen) atoms. The number of hydrogen-bond acceptors (Lipinski definition) is 9. The minimum absolute atomic E-state index is 0.124. The average Bonchev–Trinajstić information content (AvgIpc) is 3.15. The van der Waals surface area contributed by atoms with Crippen LogP contribution in [0.15, 0.2) is 115 Å². The zero-order chi connectivity index (χ0) is 33.9. The Labute approximate surface area is 286 Å². The molecule has 0 aliphatic rings. The molecule has 10 nitrogen and oxygen atoms in total. The molecule has 0 saturated carbocycles. The van der Waals surface area contributed by atoms with Gasteiger partial charge < -0.3 is 30.7 Å². The summed E-state index contributed by atoms with van der Waals surface area (Å²) in [6.07, 6.45) is 0.829. The highest BCUT2D eigenvalue weighted by molar-refractivity contribution is 5.94. The Morgan fingerprint density at radius 1 is 0.592 bits per heavy atom. The van der Waals surface area contributed by atoms with Crippen molar-refractivity contribution in [1.82, 2.24) is 20.3 Å². The first-order valence-corrected chi connectivity index (χ1v) is 16.4. The first-order valence-electron chi connectivity index (χ1n) is 16.4. The van der Waals surface area contributed by atoms with Gasteiger partial charge in [-0.25, -0.2) is 4.39 Å². The molecule has 0 aliphatic carbocycles. The lowest BCUT2D eigenvalue weighted by molar-refractivity contribution is 0.0519. The monoisotopic (exact) mass is 663 g/mol. The minimum atomic E-state index is -0.285. The molecule has 0 aliphatic heterocycles. The third-order valence-corrected chi connectivity index (χ3v) is 7.59. The Kier molecular flexibility index (Phi) is 13.9. The van der Waals surface area contributed by atoms with Gasteiger partial charge in [0.05, 0.1) is 26.4 Å². The molecule has 0 radical (unpaired) electrons. The summed E-state index contributed by atoms with van der Waals surface area (Å²) in [5.74, 6) is 1.02. The standard InChI is InChI=1S/C38H42FN7O3/c39-33-18-16-29(17-19-33)28-43-38-45-36(41-21-20-34(30-10-4-1-5-11-30)31-12-6-2-7-13-31)44-37(46-38)42-23-25-49-27-26-48-24-22-40-35(47)32-14-8-3-9-15-32/h1-19,34H,20-28H2,(H,40,47)(H3,41,42,43,44,45,46). The summed E-state index contributed by atoms with van der Waals surface area (Å²) < 4.78 is 24.7. The van der Waals surface area contributed by atoms with E-state index in [1.165, 1.54) is 23.3 Å². The van der Waals surface area contributed by atoms with Gasteiger partial charge in [-0.15, -0.1) is 0 Å². The van der Waals surface area contributed by atoms with Gasteiger partial charge in [0, 0.05) is 37.7 Å². The number of carbonyl (C=O) groups is 1. The topological polar surface area (TPSA) is 122 Å². The molecule has 11 heteroatoms. The third kappa shape index (κ3) is 12.0. The first kappa shape index (κ1) is 34.9. The fourth-order valence-electron chi connectivity index (χ4n) is 5.11. The molecule has 5 rings (SSSR count). The number of amides is 1. The van der Waals surface area contributed by atoms with Crippen molar-refractivity contribution in [3.63, 3.8) is 0 Å². The summed E-state index contributed by atoms with van der Waals surface area (Å²) >= 11 is 0. The molecule has 0 saturated heterocycles. The SMILES string of the molecule is O=C(NCCOCCOCCNc1nc(NCCC(c2ccccc2)c2ccccc2)nc(NCc2ccc(F)cc2)n1)c1ccccc1.